The highest BCUT2D eigenvalue weighted by molar-refractivity contribution is 7.53. The van der Waals surface area contributed by atoms with Crippen molar-refractivity contribution in [2.45, 2.75) is 121 Å². The van der Waals surface area contributed by atoms with Gasteiger partial charge in [-0.2, -0.15) is 0 Å². The first kappa shape index (κ1) is 32.5. The van der Waals surface area contributed by atoms with Crippen LogP contribution in [0.4, 0.5) is 0 Å². The number of hydrogen-bond donors (Lipinski definition) is 3. The molecule has 33 heavy (non-hydrogen) atoms. The number of aliphatic hydroxyl groups is 1. The molecule has 0 radical (unpaired) electrons. The Bertz CT molecular complexity index is 565. The van der Waals surface area contributed by atoms with Gasteiger partial charge in [-0.15, -0.1) is 0 Å². The third-order valence-electron chi connectivity index (χ3n) is 6.03. The average molecular weight is 489 g/mol. The molecule has 0 spiro atoms. The zero-order valence-electron chi connectivity index (χ0n) is 22.2. The van der Waals surface area contributed by atoms with Crippen LogP contribution in [0, 0.1) is 0 Å². The summed E-state index contributed by atoms with van der Waals surface area (Å²) in [5.74, 6) is 0. The van der Waals surface area contributed by atoms with Crippen LogP contribution >= 0.6 is 7.60 Å². The highest BCUT2D eigenvalue weighted by Gasteiger charge is 2.48. The summed E-state index contributed by atoms with van der Waals surface area (Å²) >= 11 is 0. The van der Waals surface area contributed by atoms with Crippen molar-refractivity contribution in [3.05, 3.63) is 24.3 Å². The molecular weight excluding hydrogens is 433 g/mol. The van der Waals surface area contributed by atoms with Gasteiger partial charge in [-0.05, 0) is 57.8 Å². The van der Waals surface area contributed by atoms with Crippen LogP contribution < -0.4 is 0 Å². The summed E-state index contributed by atoms with van der Waals surface area (Å²) < 4.78 is 12.1. The molecule has 3 N–H and O–H groups in total. The Balaban J connectivity index is 3.60. The summed E-state index contributed by atoms with van der Waals surface area (Å²) in [7, 11) is 0.968. The van der Waals surface area contributed by atoms with E-state index in [-0.39, 0.29) is 13.0 Å². The fourth-order valence-corrected chi connectivity index (χ4v) is 5.26. The zero-order valence-corrected chi connectivity index (χ0v) is 23.1. The molecule has 6 heteroatoms. The Morgan fingerprint density at radius 2 is 1.03 bits per heavy atom. The molecule has 0 rings (SSSR count). The molecular formula is C27H55NO4P+. The SMILES string of the molecule is CC/C=C\CCCCCCC/C=C\CCCCCCCCCC(O)(C[N+](C)(C)C)P(=O)(O)O. The van der Waals surface area contributed by atoms with E-state index in [0.717, 1.165) is 25.7 Å². The van der Waals surface area contributed by atoms with Crippen LogP contribution in [0.2, 0.25) is 0 Å². The van der Waals surface area contributed by atoms with Gasteiger partial charge in [0.15, 0.2) is 0 Å². The zero-order chi connectivity index (χ0) is 25.1. The highest BCUT2D eigenvalue weighted by atomic mass is 31.2. The lowest BCUT2D eigenvalue weighted by atomic mass is 10.0. The fourth-order valence-electron chi connectivity index (χ4n) is 4.21. The lowest BCUT2D eigenvalue weighted by Gasteiger charge is -2.35. The third-order valence-corrected chi connectivity index (χ3v) is 7.48. The van der Waals surface area contributed by atoms with E-state index in [2.05, 4.69) is 31.2 Å². The topological polar surface area (TPSA) is 77.8 Å². The van der Waals surface area contributed by atoms with Crippen molar-refractivity contribution in [1.29, 1.82) is 0 Å². The monoisotopic (exact) mass is 488 g/mol. The van der Waals surface area contributed by atoms with E-state index in [1.54, 1.807) is 0 Å². The number of unbranched alkanes of at least 4 members (excludes halogenated alkanes) is 13. The van der Waals surface area contributed by atoms with Gasteiger partial charge in [0.05, 0.1) is 21.1 Å². The minimum absolute atomic E-state index is 0.0573. The predicted octanol–water partition coefficient (Wildman–Crippen LogP) is 7.32. The number of likely N-dealkylation sites (N-methyl/N-ethyl adjacent to an activating group) is 1. The molecule has 0 fully saturated rings. The van der Waals surface area contributed by atoms with Crippen LogP contribution in [0.1, 0.15) is 116 Å². The number of quaternary nitrogens is 1. The van der Waals surface area contributed by atoms with Gasteiger partial charge in [0.25, 0.3) is 0 Å². The lowest BCUT2D eigenvalue weighted by molar-refractivity contribution is -0.875. The van der Waals surface area contributed by atoms with Gasteiger partial charge < -0.3 is 19.4 Å². The second kappa shape index (κ2) is 18.8. The fraction of sp³-hybridized carbons (Fsp3) is 0.852. The Morgan fingerprint density at radius 1 is 0.667 bits per heavy atom. The second-order valence-corrected chi connectivity index (χ2v) is 12.6. The van der Waals surface area contributed by atoms with E-state index < -0.39 is 12.9 Å². The first-order valence-electron chi connectivity index (χ1n) is 13.4. The van der Waals surface area contributed by atoms with Crippen molar-refractivity contribution >= 4 is 7.60 Å². The maximum atomic E-state index is 11.8. The van der Waals surface area contributed by atoms with E-state index in [1.165, 1.54) is 70.6 Å². The summed E-state index contributed by atoms with van der Waals surface area (Å²) in [6.45, 7) is 2.24. The molecule has 196 valence electrons. The van der Waals surface area contributed by atoms with Crippen LogP contribution in [-0.4, -0.2) is 52.4 Å². The Kier molecular flexibility index (Phi) is 18.6. The molecule has 0 aromatic carbocycles. The van der Waals surface area contributed by atoms with Crippen molar-refractivity contribution in [3.8, 4) is 0 Å². The van der Waals surface area contributed by atoms with E-state index in [1.807, 2.05) is 21.1 Å². The molecule has 5 nitrogen and oxygen atoms in total. The van der Waals surface area contributed by atoms with Crippen LogP contribution in [0.25, 0.3) is 0 Å². The smallest absolute Gasteiger partial charge is 0.362 e. The lowest BCUT2D eigenvalue weighted by Crippen LogP contribution is -2.49. The van der Waals surface area contributed by atoms with Crippen LogP contribution in [-0.2, 0) is 4.57 Å². The van der Waals surface area contributed by atoms with Crippen molar-refractivity contribution in [2.24, 2.45) is 0 Å². The van der Waals surface area contributed by atoms with Gasteiger partial charge in [-0.25, -0.2) is 0 Å². The minimum atomic E-state index is -4.55. The van der Waals surface area contributed by atoms with Gasteiger partial charge >= 0.3 is 7.60 Å². The largest absolute Gasteiger partial charge is 0.373 e. The maximum absolute atomic E-state index is 11.8. The van der Waals surface area contributed by atoms with Gasteiger partial charge in [0, 0.05) is 0 Å². The first-order chi connectivity index (χ1) is 15.5. The van der Waals surface area contributed by atoms with Gasteiger partial charge in [0.2, 0.25) is 5.34 Å². The molecule has 0 aliphatic heterocycles. The summed E-state index contributed by atoms with van der Waals surface area (Å²) in [6.07, 6.45) is 28.4. The molecule has 1 atom stereocenters. The Morgan fingerprint density at radius 3 is 1.39 bits per heavy atom. The standard InChI is InChI=1S/C27H54NO4P/c1-5-6-7-8-9-10-11-12-13-14-15-16-17-18-19-20-21-22-23-24-25-27(29,33(30,31)32)26-28(2,3)4/h6-7,15-16,29H,5,8-14,17-26H2,1-4H3,(H-,30,31,32)/p+1/b7-6-,16-15-. The van der Waals surface area contributed by atoms with Crippen LogP contribution in [0.3, 0.4) is 0 Å². The quantitative estimate of drug-likeness (QED) is 0.0645. The van der Waals surface area contributed by atoms with Crippen molar-refractivity contribution < 1.29 is 23.9 Å². The molecule has 0 saturated heterocycles. The summed E-state index contributed by atoms with van der Waals surface area (Å²) in [4.78, 5) is 19.2. The van der Waals surface area contributed by atoms with Gasteiger partial charge in [-0.1, -0.05) is 82.6 Å². The van der Waals surface area contributed by atoms with Crippen molar-refractivity contribution in [3.63, 3.8) is 0 Å². The Labute approximate surface area is 205 Å². The molecule has 0 aliphatic rings. The van der Waals surface area contributed by atoms with Gasteiger partial charge in [0.1, 0.15) is 6.54 Å². The normalized spacial score (nSPS) is 15.0. The Hall–Kier alpha value is -0.450. The number of nitrogens with zero attached hydrogens (tertiary/aromatic N) is 1. The summed E-state index contributed by atoms with van der Waals surface area (Å²) in [5, 5.41) is 8.63. The number of hydrogen-bond acceptors (Lipinski definition) is 2. The van der Waals surface area contributed by atoms with E-state index >= 15 is 0 Å². The predicted molar refractivity (Wildman–Crippen MR) is 142 cm³/mol. The molecule has 0 amide bonds. The van der Waals surface area contributed by atoms with Crippen molar-refractivity contribution in [2.75, 3.05) is 27.7 Å². The van der Waals surface area contributed by atoms with E-state index in [0.29, 0.717) is 10.9 Å². The summed E-state index contributed by atoms with van der Waals surface area (Å²) in [5.41, 5.74) is 0. The highest BCUT2D eigenvalue weighted by Crippen LogP contribution is 2.52. The molecule has 0 heterocycles. The molecule has 0 aliphatic carbocycles. The maximum Gasteiger partial charge on any atom is 0.362 e. The summed E-state index contributed by atoms with van der Waals surface area (Å²) in [6, 6.07) is 0. The average Bonchev–Trinajstić information content (AvgIpc) is 2.70. The number of rotatable bonds is 22. The van der Waals surface area contributed by atoms with Gasteiger partial charge in [-0.3, -0.25) is 4.57 Å². The van der Waals surface area contributed by atoms with E-state index in [9.17, 15) is 19.5 Å². The molecule has 0 saturated carbocycles. The van der Waals surface area contributed by atoms with Crippen LogP contribution in [0.15, 0.2) is 24.3 Å². The molecule has 1 unspecified atom stereocenters. The number of allylic oxidation sites excluding steroid dienone is 4. The molecule has 0 aromatic heterocycles. The first-order valence-corrected chi connectivity index (χ1v) is 15.0. The third kappa shape index (κ3) is 19.5. The molecule has 0 aromatic rings. The minimum Gasteiger partial charge on any atom is -0.373 e. The van der Waals surface area contributed by atoms with Crippen LogP contribution in [0.5, 0.6) is 0 Å². The second-order valence-electron chi connectivity index (χ2n) is 10.7. The van der Waals surface area contributed by atoms with Crippen molar-refractivity contribution in [1.82, 2.24) is 0 Å². The van der Waals surface area contributed by atoms with E-state index in [4.69, 9.17) is 0 Å². The molecule has 0 bridgehead atoms.